The highest BCUT2D eigenvalue weighted by Crippen LogP contribution is 2.34. The molecule has 1 saturated carbocycles. The monoisotopic (exact) mass is 357 g/mol. The Morgan fingerprint density at radius 2 is 1.85 bits per heavy atom. The summed E-state index contributed by atoms with van der Waals surface area (Å²) in [7, 11) is 1.67. The Kier molecular flexibility index (Phi) is 3.60. The van der Waals surface area contributed by atoms with E-state index in [-0.39, 0.29) is 11.8 Å². The van der Waals surface area contributed by atoms with Gasteiger partial charge < -0.3 is 15.0 Å². The van der Waals surface area contributed by atoms with Gasteiger partial charge in [0.1, 0.15) is 5.75 Å². The molecule has 0 unspecified atom stereocenters. The van der Waals surface area contributed by atoms with Crippen molar-refractivity contribution in [2.24, 2.45) is 5.92 Å². The number of benzene rings is 2. The lowest BCUT2D eigenvalue weighted by molar-refractivity contribution is -0.117. The van der Waals surface area contributed by atoms with Crippen LogP contribution in [-0.4, -0.2) is 23.0 Å². The minimum atomic E-state index is 0.0626. The Hall–Kier alpha value is -3.34. The molecular formula is C22H19N3O2. The van der Waals surface area contributed by atoms with E-state index in [0.29, 0.717) is 5.82 Å². The Bertz CT molecular complexity index is 1160. The molecule has 2 heterocycles. The van der Waals surface area contributed by atoms with Crippen LogP contribution in [0.2, 0.25) is 0 Å². The van der Waals surface area contributed by atoms with Crippen molar-refractivity contribution in [2.45, 2.75) is 12.8 Å². The summed E-state index contributed by atoms with van der Waals surface area (Å²) >= 11 is 0. The van der Waals surface area contributed by atoms with Gasteiger partial charge in [0.2, 0.25) is 5.91 Å². The van der Waals surface area contributed by atoms with E-state index < -0.39 is 0 Å². The summed E-state index contributed by atoms with van der Waals surface area (Å²) in [6.07, 6.45) is 3.69. The van der Waals surface area contributed by atoms with Gasteiger partial charge in [-0.25, -0.2) is 4.98 Å². The highest BCUT2D eigenvalue weighted by molar-refractivity contribution is 6.13. The van der Waals surface area contributed by atoms with Crippen molar-refractivity contribution in [2.75, 3.05) is 12.4 Å². The maximum atomic E-state index is 12.1. The highest BCUT2D eigenvalue weighted by atomic mass is 16.5. The Labute approximate surface area is 156 Å². The maximum absolute atomic E-state index is 12.1. The lowest BCUT2D eigenvalue weighted by atomic mass is 10.0. The summed E-state index contributed by atoms with van der Waals surface area (Å²) in [5, 5.41) is 5.15. The number of H-pyrrole nitrogens is 1. The third-order valence-electron chi connectivity index (χ3n) is 5.13. The fourth-order valence-corrected chi connectivity index (χ4v) is 3.45. The summed E-state index contributed by atoms with van der Waals surface area (Å²) in [5.74, 6) is 1.65. The van der Waals surface area contributed by atoms with Crippen molar-refractivity contribution in [3.05, 3.63) is 54.7 Å². The number of hydrogen-bond donors (Lipinski definition) is 2. The zero-order valence-corrected chi connectivity index (χ0v) is 15.0. The summed E-state index contributed by atoms with van der Waals surface area (Å²) in [4.78, 5) is 20.0. The zero-order valence-electron chi connectivity index (χ0n) is 15.0. The summed E-state index contributed by atoms with van der Waals surface area (Å²) in [6, 6.07) is 16.3. The number of carbonyl (C=O) groups excluding carboxylic acids is 1. The van der Waals surface area contributed by atoms with Gasteiger partial charge in [-0.3, -0.25) is 4.79 Å². The first kappa shape index (κ1) is 15.9. The number of pyridine rings is 1. The molecule has 5 rings (SSSR count). The second-order valence-corrected chi connectivity index (χ2v) is 6.96. The summed E-state index contributed by atoms with van der Waals surface area (Å²) < 4.78 is 5.23. The highest BCUT2D eigenvalue weighted by Gasteiger charge is 2.30. The lowest BCUT2D eigenvalue weighted by Gasteiger charge is -2.04. The molecule has 0 saturated heterocycles. The van der Waals surface area contributed by atoms with Crippen molar-refractivity contribution < 1.29 is 9.53 Å². The molecule has 1 aliphatic carbocycles. The van der Waals surface area contributed by atoms with Crippen molar-refractivity contribution in [3.63, 3.8) is 0 Å². The van der Waals surface area contributed by atoms with E-state index >= 15 is 0 Å². The van der Waals surface area contributed by atoms with Gasteiger partial charge in [-0.15, -0.1) is 0 Å². The van der Waals surface area contributed by atoms with E-state index in [0.717, 1.165) is 51.5 Å². The van der Waals surface area contributed by atoms with Crippen LogP contribution in [0.15, 0.2) is 54.7 Å². The molecule has 2 aromatic heterocycles. The van der Waals surface area contributed by atoms with Crippen LogP contribution in [0.4, 0.5) is 5.82 Å². The quantitative estimate of drug-likeness (QED) is 0.554. The number of anilines is 1. The van der Waals surface area contributed by atoms with Gasteiger partial charge >= 0.3 is 0 Å². The van der Waals surface area contributed by atoms with Gasteiger partial charge in [0.05, 0.1) is 12.6 Å². The molecule has 0 atom stereocenters. The molecule has 1 fully saturated rings. The van der Waals surface area contributed by atoms with Gasteiger partial charge in [-0.2, -0.15) is 0 Å². The number of aromatic amines is 1. The molecule has 134 valence electrons. The molecule has 2 aromatic carbocycles. The molecule has 27 heavy (non-hydrogen) atoms. The number of nitrogens with one attached hydrogen (secondary N) is 2. The molecule has 0 bridgehead atoms. The third kappa shape index (κ3) is 2.81. The smallest absolute Gasteiger partial charge is 0.228 e. The van der Waals surface area contributed by atoms with Gasteiger partial charge in [-0.05, 0) is 48.2 Å². The number of rotatable bonds is 4. The van der Waals surface area contributed by atoms with Crippen molar-refractivity contribution in [3.8, 4) is 16.9 Å². The van der Waals surface area contributed by atoms with Crippen LogP contribution in [0.25, 0.3) is 32.9 Å². The van der Waals surface area contributed by atoms with Crippen molar-refractivity contribution >= 4 is 33.5 Å². The zero-order chi connectivity index (χ0) is 18.4. The number of amides is 1. The van der Waals surface area contributed by atoms with Crippen LogP contribution in [0, 0.1) is 5.92 Å². The van der Waals surface area contributed by atoms with Gasteiger partial charge in [0, 0.05) is 28.4 Å². The fourth-order valence-electron chi connectivity index (χ4n) is 3.45. The molecule has 2 N–H and O–H groups in total. The third-order valence-corrected chi connectivity index (χ3v) is 5.13. The number of aromatic nitrogens is 2. The molecular weight excluding hydrogens is 338 g/mol. The molecule has 5 nitrogen and oxygen atoms in total. The summed E-state index contributed by atoms with van der Waals surface area (Å²) in [6.45, 7) is 0. The van der Waals surface area contributed by atoms with E-state index in [1.54, 1.807) is 13.3 Å². The maximum Gasteiger partial charge on any atom is 0.228 e. The van der Waals surface area contributed by atoms with Crippen LogP contribution in [0.3, 0.4) is 0 Å². The predicted octanol–water partition coefficient (Wildman–Crippen LogP) is 4.74. The second-order valence-electron chi connectivity index (χ2n) is 6.96. The van der Waals surface area contributed by atoms with Gasteiger partial charge in [0.15, 0.2) is 5.82 Å². The predicted molar refractivity (Wildman–Crippen MR) is 107 cm³/mol. The van der Waals surface area contributed by atoms with E-state index in [2.05, 4.69) is 33.5 Å². The minimum Gasteiger partial charge on any atom is -0.497 e. The number of fused-ring (bicyclic) bond motifs is 3. The van der Waals surface area contributed by atoms with Crippen LogP contribution < -0.4 is 10.1 Å². The molecule has 0 aliphatic heterocycles. The molecule has 0 spiro atoms. The summed E-state index contributed by atoms with van der Waals surface area (Å²) in [5.41, 5.74) is 4.13. The average Bonchev–Trinajstić information content (AvgIpc) is 3.49. The van der Waals surface area contributed by atoms with Gasteiger partial charge in [-0.1, -0.05) is 24.3 Å². The number of ether oxygens (including phenoxy) is 1. The van der Waals surface area contributed by atoms with E-state index in [9.17, 15) is 4.79 Å². The van der Waals surface area contributed by atoms with Crippen molar-refractivity contribution in [1.29, 1.82) is 0 Å². The second kappa shape index (κ2) is 6.13. The first-order chi connectivity index (χ1) is 13.2. The molecule has 1 aliphatic rings. The number of nitrogens with zero attached hydrogens (tertiary/aromatic N) is 1. The van der Waals surface area contributed by atoms with E-state index in [1.807, 2.05) is 30.3 Å². The SMILES string of the molecule is COc1ccc(-c2ccc3c(c2)[nH]c2c(NC(=O)C4CC4)nccc23)cc1. The molecule has 5 heteroatoms. The Morgan fingerprint density at radius 1 is 1.07 bits per heavy atom. The minimum absolute atomic E-state index is 0.0626. The topological polar surface area (TPSA) is 67.0 Å². The number of hydrogen-bond acceptors (Lipinski definition) is 3. The van der Waals surface area contributed by atoms with Crippen molar-refractivity contribution in [1.82, 2.24) is 9.97 Å². The molecule has 4 aromatic rings. The first-order valence-electron chi connectivity index (χ1n) is 9.08. The standard InChI is InChI=1S/C22H19N3O2/c1-27-16-7-4-13(5-8-16)15-6-9-17-18-10-11-23-21(20(18)24-19(17)12-15)25-22(26)14-2-3-14/h4-12,14,24H,2-3H2,1H3,(H,23,25,26). The molecule has 0 radical (unpaired) electrons. The largest absolute Gasteiger partial charge is 0.497 e. The van der Waals surface area contributed by atoms with Crippen LogP contribution in [0.1, 0.15) is 12.8 Å². The number of methoxy groups -OCH3 is 1. The normalized spacial score (nSPS) is 13.8. The lowest BCUT2D eigenvalue weighted by Crippen LogP contribution is -2.14. The number of carbonyl (C=O) groups is 1. The fraction of sp³-hybridized carbons (Fsp3) is 0.182. The van der Waals surface area contributed by atoms with Crippen LogP contribution in [-0.2, 0) is 4.79 Å². The average molecular weight is 357 g/mol. The Morgan fingerprint density at radius 3 is 2.59 bits per heavy atom. The van der Waals surface area contributed by atoms with E-state index in [4.69, 9.17) is 4.74 Å². The first-order valence-corrected chi connectivity index (χ1v) is 9.08. The van der Waals surface area contributed by atoms with Gasteiger partial charge in [0.25, 0.3) is 0 Å². The van der Waals surface area contributed by atoms with E-state index in [1.165, 1.54) is 0 Å². The Balaban J connectivity index is 1.58. The van der Waals surface area contributed by atoms with Crippen LogP contribution >= 0.6 is 0 Å². The molecule has 1 amide bonds. The van der Waals surface area contributed by atoms with Crippen LogP contribution in [0.5, 0.6) is 5.75 Å².